The van der Waals surface area contributed by atoms with Gasteiger partial charge in [-0.15, -0.1) is 0 Å². The second kappa shape index (κ2) is 5.07. The highest BCUT2D eigenvalue weighted by Crippen LogP contribution is 2.34. The molecule has 0 bridgehead atoms. The molecule has 0 aromatic carbocycles. The summed E-state index contributed by atoms with van der Waals surface area (Å²) in [5.41, 5.74) is 0. The standard InChI is InChI=1S/C13H21NO3/c1-14(8-9-4-2-5-9)12(15)10-6-3-7-11(10)13(16)17/h9-11H,2-8H2,1H3,(H,16,17). The zero-order valence-corrected chi connectivity index (χ0v) is 10.4. The van der Waals surface area contributed by atoms with Crippen LogP contribution in [0, 0.1) is 17.8 Å². The lowest BCUT2D eigenvalue weighted by molar-refractivity contribution is -0.148. The van der Waals surface area contributed by atoms with Gasteiger partial charge in [0, 0.05) is 13.6 Å². The van der Waals surface area contributed by atoms with E-state index >= 15 is 0 Å². The largest absolute Gasteiger partial charge is 0.481 e. The Morgan fingerprint density at radius 2 is 1.71 bits per heavy atom. The van der Waals surface area contributed by atoms with Gasteiger partial charge in [-0.3, -0.25) is 9.59 Å². The van der Waals surface area contributed by atoms with Crippen molar-refractivity contribution in [3.05, 3.63) is 0 Å². The fourth-order valence-corrected chi connectivity index (χ4v) is 2.99. The second-order valence-corrected chi connectivity index (χ2v) is 5.50. The van der Waals surface area contributed by atoms with E-state index in [1.54, 1.807) is 4.90 Å². The molecular weight excluding hydrogens is 218 g/mol. The molecular formula is C13H21NO3. The maximum atomic E-state index is 12.2. The summed E-state index contributed by atoms with van der Waals surface area (Å²) in [5, 5.41) is 9.08. The predicted molar refractivity (Wildman–Crippen MR) is 63.4 cm³/mol. The van der Waals surface area contributed by atoms with Crippen LogP contribution in [0.25, 0.3) is 0 Å². The quantitative estimate of drug-likeness (QED) is 0.813. The molecule has 1 N–H and O–H groups in total. The minimum Gasteiger partial charge on any atom is -0.481 e. The van der Waals surface area contributed by atoms with E-state index < -0.39 is 11.9 Å². The molecule has 2 unspecified atom stereocenters. The number of nitrogens with zero attached hydrogens (tertiary/aromatic N) is 1. The number of amides is 1. The van der Waals surface area contributed by atoms with E-state index in [1.807, 2.05) is 7.05 Å². The molecule has 0 aromatic rings. The third-order valence-corrected chi connectivity index (χ3v) is 4.28. The molecule has 2 atom stereocenters. The van der Waals surface area contributed by atoms with Gasteiger partial charge in [-0.25, -0.2) is 0 Å². The van der Waals surface area contributed by atoms with Crippen LogP contribution >= 0.6 is 0 Å². The Hall–Kier alpha value is -1.06. The van der Waals surface area contributed by atoms with E-state index in [-0.39, 0.29) is 11.8 Å². The van der Waals surface area contributed by atoms with Crippen molar-refractivity contribution in [3.63, 3.8) is 0 Å². The number of carboxylic acid groups (broad SMARTS) is 1. The highest BCUT2D eigenvalue weighted by Gasteiger charge is 2.39. The Bertz CT molecular complexity index is 312. The zero-order chi connectivity index (χ0) is 12.4. The Kier molecular flexibility index (Phi) is 3.69. The summed E-state index contributed by atoms with van der Waals surface area (Å²) in [6, 6.07) is 0. The summed E-state index contributed by atoms with van der Waals surface area (Å²) in [6.45, 7) is 0.807. The number of hydrogen-bond acceptors (Lipinski definition) is 2. The van der Waals surface area contributed by atoms with Crippen molar-refractivity contribution in [2.24, 2.45) is 17.8 Å². The summed E-state index contributed by atoms with van der Waals surface area (Å²) in [4.78, 5) is 25.0. The van der Waals surface area contributed by atoms with Gasteiger partial charge in [-0.05, 0) is 31.6 Å². The lowest BCUT2D eigenvalue weighted by Gasteiger charge is -2.32. The van der Waals surface area contributed by atoms with Crippen molar-refractivity contribution in [1.82, 2.24) is 4.90 Å². The highest BCUT2D eigenvalue weighted by atomic mass is 16.4. The first kappa shape index (κ1) is 12.4. The second-order valence-electron chi connectivity index (χ2n) is 5.50. The van der Waals surface area contributed by atoms with Gasteiger partial charge in [0.25, 0.3) is 0 Å². The summed E-state index contributed by atoms with van der Waals surface area (Å²) >= 11 is 0. The monoisotopic (exact) mass is 239 g/mol. The first-order valence-electron chi connectivity index (χ1n) is 6.57. The van der Waals surface area contributed by atoms with Crippen LogP contribution in [0.2, 0.25) is 0 Å². The average Bonchev–Trinajstić information content (AvgIpc) is 2.70. The van der Waals surface area contributed by atoms with Gasteiger partial charge in [-0.2, -0.15) is 0 Å². The van der Waals surface area contributed by atoms with Gasteiger partial charge in [0.15, 0.2) is 0 Å². The molecule has 4 nitrogen and oxygen atoms in total. The molecule has 0 aromatic heterocycles. The molecule has 2 fully saturated rings. The third kappa shape index (κ3) is 2.61. The van der Waals surface area contributed by atoms with Crippen molar-refractivity contribution in [3.8, 4) is 0 Å². The van der Waals surface area contributed by atoms with Crippen LogP contribution in [0.3, 0.4) is 0 Å². The Morgan fingerprint density at radius 3 is 2.24 bits per heavy atom. The summed E-state index contributed by atoms with van der Waals surface area (Å²) in [6.07, 6.45) is 5.96. The molecule has 17 heavy (non-hydrogen) atoms. The van der Waals surface area contributed by atoms with Gasteiger partial charge in [0.05, 0.1) is 11.8 Å². The van der Waals surface area contributed by atoms with Gasteiger partial charge in [-0.1, -0.05) is 12.8 Å². The minimum atomic E-state index is -0.808. The van der Waals surface area contributed by atoms with Crippen molar-refractivity contribution >= 4 is 11.9 Å². The van der Waals surface area contributed by atoms with Crippen LogP contribution in [0.4, 0.5) is 0 Å². The van der Waals surface area contributed by atoms with E-state index in [0.29, 0.717) is 12.3 Å². The summed E-state index contributed by atoms with van der Waals surface area (Å²) in [5.74, 6) is -0.850. The average molecular weight is 239 g/mol. The fraction of sp³-hybridized carbons (Fsp3) is 0.846. The molecule has 0 radical (unpaired) electrons. The molecule has 1 amide bonds. The first-order chi connectivity index (χ1) is 8.09. The smallest absolute Gasteiger partial charge is 0.307 e. The van der Waals surface area contributed by atoms with Gasteiger partial charge >= 0.3 is 5.97 Å². The van der Waals surface area contributed by atoms with Crippen LogP contribution in [-0.2, 0) is 9.59 Å². The van der Waals surface area contributed by atoms with Crippen LogP contribution in [0.15, 0.2) is 0 Å². The van der Waals surface area contributed by atoms with Crippen molar-refractivity contribution in [2.45, 2.75) is 38.5 Å². The lowest BCUT2D eigenvalue weighted by Crippen LogP contribution is -2.40. The number of carbonyl (C=O) groups is 2. The van der Waals surface area contributed by atoms with Gasteiger partial charge in [0.1, 0.15) is 0 Å². The molecule has 96 valence electrons. The Morgan fingerprint density at radius 1 is 1.12 bits per heavy atom. The lowest BCUT2D eigenvalue weighted by atomic mass is 9.84. The van der Waals surface area contributed by atoms with E-state index in [9.17, 15) is 9.59 Å². The molecule has 0 heterocycles. The normalized spacial score (nSPS) is 28.8. The topological polar surface area (TPSA) is 57.6 Å². The van der Waals surface area contributed by atoms with E-state index in [1.165, 1.54) is 19.3 Å². The summed E-state index contributed by atoms with van der Waals surface area (Å²) in [7, 11) is 1.82. The summed E-state index contributed by atoms with van der Waals surface area (Å²) < 4.78 is 0. The zero-order valence-electron chi connectivity index (χ0n) is 10.4. The Balaban J connectivity index is 1.90. The van der Waals surface area contributed by atoms with Gasteiger partial charge < -0.3 is 10.0 Å². The Labute approximate surface area is 102 Å². The highest BCUT2D eigenvalue weighted by molar-refractivity contribution is 5.85. The van der Waals surface area contributed by atoms with Crippen molar-refractivity contribution in [1.29, 1.82) is 0 Å². The molecule has 2 saturated carbocycles. The van der Waals surface area contributed by atoms with Crippen LogP contribution < -0.4 is 0 Å². The third-order valence-electron chi connectivity index (χ3n) is 4.28. The SMILES string of the molecule is CN(CC1CCC1)C(=O)C1CCCC1C(=O)O. The van der Waals surface area contributed by atoms with E-state index in [0.717, 1.165) is 19.4 Å². The number of carbonyl (C=O) groups excluding carboxylic acids is 1. The van der Waals surface area contributed by atoms with Crippen LogP contribution in [0.1, 0.15) is 38.5 Å². The molecule has 0 saturated heterocycles. The maximum Gasteiger partial charge on any atom is 0.307 e. The van der Waals surface area contributed by atoms with Crippen molar-refractivity contribution in [2.75, 3.05) is 13.6 Å². The van der Waals surface area contributed by atoms with Crippen molar-refractivity contribution < 1.29 is 14.7 Å². The van der Waals surface area contributed by atoms with Gasteiger partial charge in [0.2, 0.25) is 5.91 Å². The molecule has 2 aliphatic rings. The van der Waals surface area contributed by atoms with Crippen LogP contribution in [-0.4, -0.2) is 35.5 Å². The first-order valence-corrected chi connectivity index (χ1v) is 6.57. The molecule has 2 aliphatic carbocycles. The number of rotatable bonds is 4. The molecule has 4 heteroatoms. The number of carboxylic acids is 1. The molecule has 0 aliphatic heterocycles. The maximum absolute atomic E-state index is 12.2. The molecule has 0 spiro atoms. The van der Waals surface area contributed by atoms with Crippen LogP contribution in [0.5, 0.6) is 0 Å². The predicted octanol–water partition coefficient (Wildman–Crippen LogP) is 1.75. The minimum absolute atomic E-state index is 0.0433. The number of hydrogen-bond donors (Lipinski definition) is 1. The number of aliphatic carboxylic acids is 1. The van der Waals surface area contributed by atoms with E-state index in [2.05, 4.69) is 0 Å². The molecule has 2 rings (SSSR count). The fourth-order valence-electron chi connectivity index (χ4n) is 2.99. The van der Waals surface area contributed by atoms with E-state index in [4.69, 9.17) is 5.11 Å².